The summed E-state index contributed by atoms with van der Waals surface area (Å²) in [6, 6.07) is 12.0. The van der Waals surface area contributed by atoms with Crippen LogP contribution in [0, 0.1) is 11.8 Å². The summed E-state index contributed by atoms with van der Waals surface area (Å²) in [6.45, 7) is 5.35. The van der Waals surface area contributed by atoms with E-state index in [0.717, 1.165) is 32.1 Å². The number of hydrogen-bond acceptors (Lipinski definition) is 5. The highest BCUT2D eigenvalue weighted by Crippen LogP contribution is 2.39. The van der Waals surface area contributed by atoms with E-state index >= 15 is 0 Å². The van der Waals surface area contributed by atoms with Gasteiger partial charge >= 0.3 is 5.97 Å². The van der Waals surface area contributed by atoms with Crippen LogP contribution in [-0.4, -0.2) is 47.3 Å². The molecule has 5 rings (SSSR count). The molecule has 1 amide bonds. The number of nitrogens with zero attached hydrogens (tertiary/aromatic N) is 1. The fraction of sp³-hybridized carbons (Fsp3) is 0.469. The number of benzene rings is 2. The second kappa shape index (κ2) is 11.3. The molecule has 2 aliphatic carbocycles. The molecule has 0 spiro atoms. The van der Waals surface area contributed by atoms with Crippen molar-refractivity contribution in [3.8, 4) is 11.1 Å². The summed E-state index contributed by atoms with van der Waals surface area (Å²) in [5.41, 5.74) is 1.31. The third-order valence-corrected chi connectivity index (χ3v) is 10.2. The molecule has 10 heteroatoms. The van der Waals surface area contributed by atoms with Gasteiger partial charge in [0.25, 0.3) is 5.91 Å². The Morgan fingerprint density at radius 3 is 2.17 bits per heavy atom. The Morgan fingerprint density at radius 2 is 1.55 bits per heavy atom. The molecule has 0 atom stereocenters. The van der Waals surface area contributed by atoms with E-state index in [1.165, 1.54) is 0 Å². The number of carboxylic acids is 1. The number of aliphatic carboxylic acids is 1. The van der Waals surface area contributed by atoms with Gasteiger partial charge in [-0.1, -0.05) is 49.6 Å². The van der Waals surface area contributed by atoms with Gasteiger partial charge in [-0.15, -0.1) is 0 Å². The van der Waals surface area contributed by atoms with Crippen molar-refractivity contribution in [1.82, 2.24) is 14.6 Å². The number of carboxylic acid groups (broad SMARTS) is 1. The second-order valence-corrected chi connectivity index (χ2v) is 14.4. The quantitative estimate of drug-likeness (QED) is 0.304. The first kappa shape index (κ1) is 30.0. The van der Waals surface area contributed by atoms with E-state index in [4.69, 9.17) is 0 Å². The second-order valence-electron chi connectivity index (χ2n) is 12.7. The van der Waals surface area contributed by atoms with Crippen LogP contribution in [0.25, 0.3) is 21.9 Å². The summed E-state index contributed by atoms with van der Waals surface area (Å²) in [6.07, 6.45) is 5.38. The monoisotopic (exact) mass is 593 g/mol. The number of nitrogens with one attached hydrogen (secondary N) is 2. The molecule has 3 aromatic rings. The highest BCUT2D eigenvalue weighted by Gasteiger charge is 2.37. The molecule has 1 aromatic heterocycles. The lowest BCUT2D eigenvalue weighted by Gasteiger charge is -2.32. The summed E-state index contributed by atoms with van der Waals surface area (Å²) < 4.78 is 31.1. The lowest BCUT2D eigenvalue weighted by molar-refractivity contribution is -0.145. The molecule has 0 bridgehead atoms. The minimum atomic E-state index is -3.85. The van der Waals surface area contributed by atoms with Gasteiger partial charge in [-0.2, -0.15) is 0 Å². The predicted octanol–water partition coefficient (Wildman–Crippen LogP) is 5.28. The minimum Gasteiger partial charge on any atom is -0.481 e. The highest BCUT2D eigenvalue weighted by molar-refractivity contribution is 7.89. The smallest absolute Gasteiger partial charge is 0.306 e. The largest absolute Gasteiger partial charge is 0.481 e. The molecule has 2 fully saturated rings. The molecular formula is C32H39N3O6S. The van der Waals surface area contributed by atoms with Crippen molar-refractivity contribution >= 4 is 38.5 Å². The maximum atomic E-state index is 14.1. The molecule has 42 heavy (non-hydrogen) atoms. The number of carbonyl (C=O) groups excluding carboxylic acids is 2. The normalized spacial score (nSPS) is 19.8. The van der Waals surface area contributed by atoms with Gasteiger partial charge in [-0.3, -0.25) is 14.4 Å². The van der Waals surface area contributed by atoms with Gasteiger partial charge in [-0.25, -0.2) is 13.1 Å². The fourth-order valence-corrected chi connectivity index (χ4v) is 7.91. The molecule has 0 unspecified atom stereocenters. The summed E-state index contributed by atoms with van der Waals surface area (Å²) in [5.74, 6) is -1.86. The number of Topliss-reactive ketones (excluding diaryl/α,β-unsaturated/α-hetero) is 1. The Kier molecular flexibility index (Phi) is 8.06. The van der Waals surface area contributed by atoms with E-state index < -0.39 is 27.4 Å². The Labute approximate surface area is 246 Å². The maximum Gasteiger partial charge on any atom is 0.306 e. The topological polar surface area (TPSA) is 135 Å². The van der Waals surface area contributed by atoms with Crippen LogP contribution in [0.3, 0.4) is 0 Å². The molecule has 3 N–H and O–H groups in total. The number of carbonyl (C=O) groups is 3. The van der Waals surface area contributed by atoms with Crippen molar-refractivity contribution in [2.24, 2.45) is 18.9 Å². The molecule has 2 aromatic carbocycles. The first-order valence-electron chi connectivity index (χ1n) is 14.6. The molecule has 0 aliphatic heterocycles. The van der Waals surface area contributed by atoms with Gasteiger partial charge in [0.15, 0.2) is 5.78 Å². The standard InChI is InChI=1S/C32H39N3O6S/c1-32(2,3)34-42(40,41)27-15-14-23(22-12-8-9-13-24(22)27)25-18-26(30(37)33-21-16-20(17-21)31(38)39)35(4)28(25)29(36)19-10-6-5-7-11-19/h8-9,12-15,18-21,34H,5-7,10-11,16-17H2,1-4H3,(H,33,37)(H,38,39)/t20-,21-. The van der Waals surface area contributed by atoms with Crippen LogP contribution in [0.1, 0.15) is 86.7 Å². The van der Waals surface area contributed by atoms with Crippen molar-refractivity contribution in [2.45, 2.75) is 82.2 Å². The Hall–Kier alpha value is -3.50. The molecule has 0 saturated heterocycles. The molecule has 0 radical (unpaired) electrons. The van der Waals surface area contributed by atoms with Crippen LogP contribution >= 0.6 is 0 Å². The number of fused-ring (bicyclic) bond motifs is 1. The molecule has 9 nitrogen and oxygen atoms in total. The van der Waals surface area contributed by atoms with Crippen molar-refractivity contribution in [3.63, 3.8) is 0 Å². The summed E-state index contributed by atoms with van der Waals surface area (Å²) >= 11 is 0. The van der Waals surface area contributed by atoms with Crippen LogP contribution in [0.5, 0.6) is 0 Å². The van der Waals surface area contributed by atoms with Crippen molar-refractivity contribution < 1.29 is 27.9 Å². The number of ketones is 1. The molecule has 1 heterocycles. The van der Waals surface area contributed by atoms with E-state index in [-0.39, 0.29) is 28.5 Å². The van der Waals surface area contributed by atoms with E-state index in [1.54, 1.807) is 62.7 Å². The Morgan fingerprint density at radius 1 is 0.905 bits per heavy atom. The highest BCUT2D eigenvalue weighted by atomic mass is 32.2. The van der Waals surface area contributed by atoms with Gasteiger partial charge in [0.05, 0.1) is 16.5 Å². The molecular weight excluding hydrogens is 554 g/mol. The van der Waals surface area contributed by atoms with E-state index in [9.17, 15) is 27.9 Å². The van der Waals surface area contributed by atoms with E-state index in [0.29, 0.717) is 46.1 Å². The lowest BCUT2D eigenvalue weighted by Crippen LogP contribution is -2.47. The SMILES string of the molecule is Cn1c(C(=O)N[C@H]2C[C@H](C(=O)O)C2)cc(-c2ccc(S(=O)(=O)NC(C)(C)C)c3ccccc23)c1C(=O)C1CCCCC1. The average Bonchev–Trinajstić information content (AvgIpc) is 3.24. The third-order valence-electron chi connectivity index (χ3n) is 8.40. The number of hydrogen-bond donors (Lipinski definition) is 3. The lowest BCUT2D eigenvalue weighted by atomic mass is 9.80. The zero-order valence-electron chi connectivity index (χ0n) is 24.6. The number of sulfonamides is 1. The van der Waals surface area contributed by atoms with Crippen LogP contribution in [0.15, 0.2) is 47.4 Å². The average molecular weight is 594 g/mol. The molecule has 2 aliphatic rings. The van der Waals surface area contributed by atoms with Gasteiger partial charge in [0.1, 0.15) is 5.69 Å². The number of aromatic nitrogens is 1. The van der Waals surface area contributed by atoms with Crippen molar-refractivity contribution in [1.29, 1.82) is 0 Å². The predicted molar refractivity (Wildman–Crippen MR) is 161 cm³/mol. The van der Waals surface area contributed by atoms with E-state index in [2.05, 4.69) is 10.0 Å². The van der Waals surface area contributed by atoms with Gasteiger partial charge in [0, 0.05) is 35.5 Å². The zero-order valence-corrected chi connectivity index (χ0v) is 25.4. The van der Waals surface area contributed by atoms with Crippen LogP contribution in [0.2, 0.25) is 0 Å². The van der Waals surface area contributed by atoms with Crippen LogP contribution in [-0.2, 0) is 21.9 Å². The van der Waals surface area contributed by atoms with Crippen molar-refractivity contribution in [2.75, 3.05) is 0 Å². The van der Waals surface area contributed by atoms with Gasteiger partial charge < -0.3 is 15.0 Å². The summed E-state index contributed by atoms with van der Waals surface area (Å²) in [7, 11) is -2.14. The van der Waals surface area contributed by atoms with Crippen LogP contribution in [0.4, 0.5) is 0 Å². The van der Waals surface area contributed by atoms with Gasteiger partial charge in [-0.05, 0) is 69.5 Å². The van der Waals surface area contributed by atoms with Crippen LogP contribution < -0.4 is 10.0 Å². The summed E-state index contributed by atoms with van der Waals surface area (Å²) in [5, 5.41) is 13.3. The third kappa shape index (κ3) is 5.87. The Balaban J connectivity index is 1.62. The molecule has 224 valence electrons. The van der Waals surface area contributed by atoms with Gasteiger partial charge in [0.2, 0.25) is 10.0 Å². The Bertz CT molecular complexity index is 1660. The maximum absolute atomic E-state index is 14.1. The summed E-state index contributed by atoms with van der Waals surface area (Å²) in [4.78, 5) is 38.9. The number of rotatable bonds is 8. The fourth-order valence-electron chi connectivity index (χ4n) is 6.28. The minimum absolute atomic E-state index is 0.0176. The van der Waals surface area contributed by atoms with E-state index in [1.807, 2.05) is 12.1 Å². The number of amides is 1. The zero-order chi connectivity index (χ0) is 30.4. The first-order chi connectivity index (χ1) is 19.8. The van der Waals surface area contributed by atoms with Crippen molar-refractivity contribution in [3.05, 3.63) is 53.9 Å². The first-order valence-corrected chi connectivity index (χ1v) is 16.1. The molecule has 2 saturated carbocycles.